The fraction of sp³-hybridized carbons (Fsp3) is 0.500. The summed E-state index contributed by atoms with van der Waals surface area (Å²) in [5, 5.41) is 0. The minimum Gasteiger partial charge on any atom is -0.379 e. The van der Waals surface area contributed by atoms with E-state index < -0.39 is 7.11 Å². The molecule has 0 saturated carbocycles. The van der Waals surface area contributed by atoms with Gasteiger partial charge in [-0.3, -0.25) is 0 Å². The fourth-order valence-corrected chi connectivity index (χ4v) is 0.189. The van der Waals surface area contributed by atoms with Gasteiger partial charge >= 0.3 is 7.11 Å². The molecular formula is C2H5BF3N. The Hall–Kier alpha value is -0.475. The van der Waals surface area contributed by atoms with Gasteiger partial charge in [0.05, 0.1) is 6.21 Å². The molecule has 0 heterocycles. The third-order valence-electron chi connectivity index (χ3n) is 0.356. The van der Waals surface area contributed by atoms with Gasteiger partial charge in [-0.15, -0.1) is 0 Å². The predicted octanol–water partition coefficient (Wildman–Crippen LogP) is -0.498. The van der Waals surface area contributed by atoms with Crippen LogP contribution in [0.1, 0.15) is 6.92 Å². The van der Waals surface area contributed by atoms with Gasteiger partial charge in [-0.05, 0) is 0 Å². The van der Waals surface area contributed by atoms with E-state index >= 15 is 0 Å². The molecule has 42 valence electrons. The minimum absolute atomic E-state index is 0.861. The Labute approximate surface area is 39.3 Å². The van der Waals surface area contributed by atoms with E-state index in [1.807, 2.05) is 0 Å². The van der Waals surface area contributed by atoms with Crippen molar-refractivity contribution in [3.63, 3.8) is 0 Å². The van der Waals surface area contributed by atoms with Gasteiger partial charge in [0.1, 0.15) is 0 Å². The monoisotopic (exact) mass is 111 g/mol. The lowest BCUT2D eigenvalue weighted by atomic mass is 10.2. The van der Waals surface area contributed by atoms with Crippen LogP contribution in [0.4, 0.5) is 12.9 Å². The van der Waals surface area contributed by atoms with Crippen molar-refractivity contribution in [1.82, 2.24) is 0 Å². The molecule has 0 aliphatic heterocycles. The molecule has 0 aromatic heterocycles. The molecule has 0 aromatic carbocycles. The molecule has 0 spiro atoms. The Morgan fingerprint density at radius 1 is 1.43 bits per heavy atom. The zero-order valence-electron chi connectivity index (χ0n) is 3.79. The van der Waals surface area contributed by atoms with Gasteiger partial charge in [-0.2, -0.15) is 0 Å². The lowest BCUT2D eigenvalue weighted by Gasteiger charge is -1.93. The van der Waals surface area contributed by atoms with Crippen LogP contribution in [0, 0.1) is 0 Å². The highest BCUT2D eigenvalue weighted by Crippen LogP contribution is 1.91. The largest absolute Gasteiger partial charge is 0.803 e. The first-order valence-electron chi connectivity index (χ1n) is 1.81. The van der Waals surface area contributed by atoms with Gasteiger partial charge in [0.2, 0.25) is 0 Å². The second kappa shape index (κ2) is 2.00. The molecule has 0 aliphatic carbocycles. The summed E-state index contributed by atoms with van der Waals surface area (Å²) < 4.78 is 32.9. The molecule has 1 N–H and O–H groups in total. The zero-order valence-corrected chi connectivity index (χ0v) is 3.79. The van der Waals surface area contributed by atoms with Gasteiger partial charge < -0.3 is 17.9 Å². The maximum atomic E-state index is 11.0. The first kappa shape index (κ1) is 6.52. The van der Waals surface area contributed by atoms with E-state index in [1.54, 1.807) is 0 Å². The summed E-state index contributed by atoms with van der Waals surface area (Å²) in [6.45, 7) is 1.29. The zero-order chi connectivity index (χ0) is 5.91. The summed E-state index contributed by atoms with van der Waals surface area (Å²) >= 11 is 0. The van der Waals surface area contributed by atoms with Crippen LogP contribution < -0.4 is 4.90 Å². The molecule has 0 saturated heterocycles. The predicted molar refractivity (Wildman–Crippen MR) is 21.8 cm³/mol. The van der Waals surface area contributed by atoms with Crippen LogP contribution in [0.2, 0.25) is 0 Å². The molecule has 0 rings (SSSR count). The Bertz CT molecular complexity index is 75.5. The second-order valence-corrected chi connectivity index (χ2v) is 1.03. The van der Waals surface area contributed by atoms with E-state index in [1.165, 1.54) is 11.8 Å². The van der Waals surface area contributed by atoms with Gasteiger partial charge in [0, 0.05) is 6.92 Å². The molecule has 0 aliphatic rings. The van der Waals surface area contributed by atoms with E-state index in [4.69, 9.17) is 0 Å². The quantitative estimate of drug-likeness (QED) is 0.346. The fourth-order valence-electron chi connectivity index (χ4n) is 0.189. The summed E-state index contributed by atoms with van der Waals surface area (Å²) in [6, 6.07) is 0. The van der Waals surface area contributed by atoms with Crippen molar-refractivity contribution in [2.45, 2.75) is 6.92 Å². The average Bonchev–Trinajstić information content (AvgIpc) is 1.30. The van der Waals surface area contributed by atoms with Gasteiger partial charge in [-0.1, -0.05) is 0 Å². The van der Waals surface area contributed by atoms with Crippen molar-refractivity contribution in [3.8, 4) is 0 Å². The highest BCUT2D eigenvalue weighted by Gasteiger charge is 2.33. The molecule has 1 nitrogen and oxygen atoms in total. The van der Waals surface area contributed by atoms with Crippen LogP contribution in [0.15, 0.2) is 0 Å². The van der Waals surface area contributed by atoms with Crippen LogP contribution in [-0.2, 0) is 0 Å². The van der Waals surface area contributed by atoms with Crippen molar-refractivity contribution in [2.24, 2.45) is 0 Å². The third kappa shape index (κ3) is 5.52. The lowest BCUT2D eigenvalue weighted by Crippen LogP contribution is -2.83. The number of nitrogens with one attached hydrogen (secondary N) is 1. The molecule has 0 fully saturated rings. The topological polar surface area (TPSA) is 14.0 Å². The van der Waals surface area contributed by atoms with E-state index in [0.717, 1.165) is 6.21 Å². The summed E-state index contributed by atoms with van der Waals surface area (Å²) in [7, 11) is -4.80. The highest BCUT2D eigenvalue weighted by molar-refractivity contribution is 6.48. The smallest absolute Gasteiger partial charge is 0.379 e. The van der Waals surface area contributed by atoms with Crippen LogP contribution in [0.3, 0.4) is 0 Å². The molecule has 0 atom stereocenters. The first-order valence-corrected chi connectivity index (χ1v) is 1.81. The maximum absolute atomic E-state index is 11.0. The standard InChI is InChI=1S/C2H5BF3N/c1-2-7-3(4,5)6/h2,7H,1H3/b7-2+. The third-order valence-corrected chi connectivity index (χ3v) is 0.356. The summed E-state index contributed by atoms with van der Waals surface area (Å²) in [6.07, 6.45) is 0.861. The first-order chi connectivity index (χ1) is 3.06. The van der Waals surface area contributed by atoms with E-state index in [0.29, 0.717) is 0 Å². The molecule has 5 heteroatoms. The van der Waals surface area contributed by atoms with Crippen LogP contribution in [-0.4, -0.2) is 13.3 Å². The van der Waals surface area contributed by atoms with E-state index in [-0.39, 0.29) is 0 Å². The SMILES string of the molecule is C/C=[NH+]/[B-](F)(F)F. The molecule has 0 aromatic rings. The number of rotatable bonds is 1. The van der Waals surface area contributed by atoms with Crippen molar-refractivity contribution < 1.29 is 17.9 Å². The highest BCUT2D eigenvalue weighted by atomic mass is 19.4. The summed E-state index contributed by atoms with van der Waals surface area (Å²) in [5.41, 5.74) is 0. The normalized spacial score (nSPS) is 13.1. The second-order valence-electron chi connectivity index (χ2n) is 1.03. The molecule has 0 radical (unpaired) electrons. The average molecular weight is 111 g/mol. The van der Waals surface area contributed by atoms with Crippen molar-refractivity contribution >= 4 is 13.3 Å². The van der Waals surface area contributed by atoms with Crippen LogP contribution in [0.5, 0.6) is 0 Å². The molecule has 0 unspecified atom stereocenters. The Morgan fingerprint density at radius 3 is 1.86 bits per heavy atom. The van der Waals surface area contributed by atoms with E-state index in [9.17, 15) is 12.9 Å². The minimum atomic E-state index is -4.80. The molecule has 0 bridgehead atoms. The maximum Gasteiger partial charge on any atom is 0.803 e. The van der Waals surface area contributed by atoms with Crippen molar-refractivity contribution in [1.29, 1.82) is 0 Å². The number of hydrogen-bond acceptors (Lipinski definition) is 0. The van der Waals surface area contributed by atoms with Crippen molar-refractivity contribution in [3.05, 3.63) is 0 Å². The number of hydrogen-bond donors (Lipinski definition) is 1. The van der Waals surface area contributed by atoms with Gasteiger partial charge in [-0.25, -0.2) is 0 Å². The lowest BCUT2D eigenvalue weighted by molar-refractivity contribution is -0.346. The van der Waals surface area contributed by atoms with Crippen LogP contribution >= 0.6 is 0 Å². The van der Waals surface area contributed by atoms with Gasteiger partial charge in [0.15, 0.2) is 0 Å². The Morgan fingerprint density at radius 2 is 1.86 bits per heavy atom. The Kier molecular flexibility index (Phi) is 1.86. The Balaban J connectivity index is 3.56. The summed E-state index contributed by atoms with van der Waals surface area (Å²) in [4.78, 5) is 1.22. The molecule has 0 amide bonds. The number of halogens is 3. The summed E-state index contributed by atoms with van der Waals surface area (Å²) in [5.74, 6) is 0. The van der Waals surface area contributed by atoms with Gasteiger partial charge in [0.25, 0.3) is 0 Å². The van der Waals surface area contributed by atoms with Crippen LogP contribution in [0.25, 0.3) is 0 Å². The molecule has 7 heavy (non-hydrogen) atoms. The van der Waals surface area contributed by atoms with Crippen molar-refractivity contribution in [2.75, 3.05) is 0 Å². The van der Waals surface area contributed by atoms with E-state index in [2.05, 4.69) is 0 Å². The molecular weight excluding hydrogens is 106 g/mol.